The Hall–Kier alpha value is -1.55. The molecule has 25 heavy (non-hydrogen) atoms. The van der Waals surface area contributed by atoms with Gasteiger partial charge in [-0.05, 0) is 56.7 Å². The summed E-state index contributed by atoms with van der Waals surface area (Å²) in [5, 5.41) is 3.73. The molecule has 1 aromatic rings. The summed E-state index contributed by atoms with van der Waals surface area (Å²) in [7, 11) is 0. The largest absolute Gasteiger partial charge is 0.371 e. The Kier molecular flexibility index (Phi) is 6.35. The highest BCUT2D eigenvalue weighted by Gasteiger charge is 2.21. The third kappa shape index (κ3) is 4.97. The first-order valence-electron chi connectivity index (χ1n) is 10.0. The van der Waals surface area contributed by atoms with Gasteiger partial charge in [0.25, 0.3) is 0 Å². The predicted octanol–water partition coefficient (Wildman–Crippen LogP) is 3.21. The summed E-state index contributed by atoms with van der Waals surface area (Å²) >= 11 is 0. The number of carbonyl (C=O) groups is 1. The second-order valence-electron chi connectivity index (χ2n) is 7.67. The SMILES string of the molecule is CC[C@H](C)NC1CCN(c2ccc(CC(=O)N3CCCC3)cc2)CC1. The zero-order chi connectivity index (χ0) is 17.6. The normalized spacial score (nSPS) is 20.1. The Labute approximate surface area is 152 Å². The van der Waals surface area contributed by atoms with E-state index in [0.717, 1.165) is 44.6 Å². The summed E-state index contributed by atoms with van der Waals surface area (Å²) in [5.41, 5.74) is 2.42. The van der Waals surface area contributed by atoms with Crippen LogP contribution in [0.2, 0.25) is 0 Å². The summed E-state index contributed by atoms with van der Waals surface area (Å²) in [6.45, 7) is 8.62. The molecule has 0 saturated carbocycles. The lowest BCUT2D eigenvalue weighted by Gasteiger charge is -2.35. The molecular formula is C21H33N3O. The molecule has 4 heteroatoms. The van der Waals surface area contributed by atoms with Crippen molar-refractivity contribution in [1.82, 2.24) is 10.2 Å². The standard InChI is InChI=1S/C21H33N3O/c1-3-17(2)22-19-10-14-23(15-11-19)20-8-6-18(7-9-20)16-21(25)24-12-4-5-13-24/h6-9,17,19,22H,3-5,10-16H2,1-2H3/t17-/m0/s1. The molecular weight excluding hydrogens is 310 g/mol. The van der Waals surface area contributed by atoms with Crippen molar-refractivity contribution in [3.8, 4) is 0 Å². The van der Waals surface area contributed by atoms with Crippen LogP contribution in [-0.4, -0.2) is 49.1 Å². The maximum absolute atomic E-state index is 12.3. The first-order valence-corrected chi connectivity index (χ1v) is 10.0. The van der Waals surface area contributed by atoms with Gasteiger partial charge >= 0.3 is 0 Å². The fourth-order valence-corrected chi connectivity index (χ4v) is 3.90. The highest BCUT2D eigenvalue weighted by molar-refractivity contribution is 5.79. The Bertz CT molecular complexity index is 543. The molecule has 0 unspecified atom stereocenters. The van der Waals surface area contributed by atoms with E-state index in [4.69, 9.17) is 0 Å². The highest BCUT2D eigenvalue weighted by Crippen LogP contribution is 2.21. The number of hydrogen-bond acceptors (Lipinski definition) is 3. The Morgan fingerprint density at radius 1 is 1.12 bits per heavy atom. The second-order valence-corrected chi connectivity index (χ2v) is 7.67. The van der Waals surface area contributed by atoms with Gasteiger partial charge in [0.1, 0.15) is 0 Å². The smallest absolute Gasteiger partial charge is 0.226 e. The van der Waals surface area contributed by atoms with Crippen LogP contribution >= 0.6 is 0 Å². The summed E-state index contributed by atoms with van der Waals surface area (Å²) in [5.74, 6) is 0.280. The van der Waals surface area contributed by atoms with Gasteiger partial charge in [0.2, 0.25) is 5.91 Å². The highest BCUT2D eigenvalue weighted by atomic mass is 16.2. The molecule has 2 heterocycles. The minimum atomic E-state index is 0.280. The van der Waals surface area contributed by atoms with Crippen molar-refractivity contribution in [2.45, 2.75) is 64.5 Å². The van der Waals surface area contributed by atoms with Crippen LogP contribution in [0.25, 0.3) is 0 Å². The minimum absolute atomic E-state index is 0.280. The fourth-order valence-electron chi connectivity index (χ4n) is 3.90. The fraction of sp³-hybridized carbons (Fsp3) is 0.667. The molecule has 1 amide bonds. The van der Waals surface area contributed by atoms with Crippen molar-refractivity contribution >= 4 is 11.6 Å². The lowest BCUT2D eigenvalue weighted by atomic mass is 10.0. The molecule has 0 aromatic heterocycles. The Morgan fingerprint density at radius 2 is 1.76 bits per heavy atom. The monoisotopic (exact) mass is 343 g/mol. The van der Waals surface area contributed by atoms with Crippen molar-refractivity contribution in [1.29, 1.82) is 0 Å². The van der Waals surface area contributed by atoms with E-state index in [1.54, 1.807) is 0 Å². The second kappa shape index (κ2) is 8.70. The van der Waals surface area contributed by atoms with Crippen molar-refractivity contribution in [2.75, 3.05) is 31.1 Å². The summed E-state index contributed by atoms with van der Waals surface area (Å²) in [6.07, 6.45) is 6.47. The van der Waals surface area contributed by atoms with E-state index in [1.807, 2.05) is 4.90 Å². The summed E-state index contributed by atoms with van der Waals surface area (Å²) in [4.78, 5) is 16.7. The van der Waals surface area contributed by atoms with Gasteiger partial charge in [-0.2, -0.15) is 0 Å². The average molecular weight is 344 g/mol. The number of anilines is 1. The van der Waals surface area contributed by atoms with Gasteiger partial charge in [-0.1, -0.05) is 19.1 Å². The molecule has 2 saturated heterocycles. The van der Waals surface area contributed by atoms with E-state index < -0.39 is 0 Å². The summed E-state index contributed by atoms with van der Waals surface area (Å²) in [6, 6.07) is 9.91. The molecule has 0 spiro atoms. The molecule has 138 valence electrons. The van der Waals surface area contributed by atoms with Crippen LogP contribution in [0.5, 0.6) is 0 Å². The van der Waals surface area contributed by atoms with Crippen molar-refractivity contribution in [2.24, 2.45) is 0 Å². The lowest BCUT2D eigenvalue weighted by molar-refractivity contribution is -0.129. The van der Waals surface area contributed by atoms with Crippen LogP contribution in [0.15, 0.2) is 24.3 Å². The average Bonchev–Trinajstić information content (AvgIpc) is 3.18. The number of nitrogens with zero attached hydrogens (tertiary/aromatic N) is 2. The van der Waals surface area contributed by atoms with E-state index in [2.05, 4.69) is 48.3 Å². The number of benzene rings is 1. The van der Waals surface area contributed by atoms with Crippen LogP contribution in [-0.2, 0) is 11.2 Å². The van der Waals surface area contributed by atoms with Crippen molar-refractivity contribution in [3.63, 3.8) is 0 Å². The molecule has 4 nitrogen and oxygen atoms in total. The number of piperidine rings is 1. The molecule has 1 atom stereocenters. The third-order valence-corrected chi connectivity index (χ3v) is 5.74. The van der Waals surface area contributed by atoms with Gasteiger partial charge < -0.3 is 15.1 Å². The lowest BCUT2D eigenvalue weighted by Crippen LogP contribution is -2.45. The third-order valence-electron chi connectivity index (χ3n) is 5.74. The van der Waals surface area contributed by atoms with Gasteiger partial charge in [-0.15, -0.1) is 0 Å². The first kappa shape index (κ1) is 18.2. The molecule has 2 fully saturated rings. The van der Waals surface area contributed by atoms with Gasteiger partial charge in [0, 0.05) is 44.0 Å². The molecule has 0 bridgehead atoms. The number of amides is 1. The molecule has 0 radical (unpaired) electrons. The van der Waals surface area contributed by atoms with Crippen LogP contribution in [0.1, 0.15) is 51.5 Å². The number of carbonyl (C=O) groups excluding carboxylic acids is 1. The minimum Gasteiger partial charge on any atom is -0.371 e. The maximum atomic E-state index is 12.3. The number of rotatable bonds is 6. The van der Waals surface area contributed by atoms with E-state index >= 15 is 0 Å². The van der Waals surface area contributed by atoms with Gasteiger partial charge in [-0.3, -0.25) is 4.79 Å². The Balaban J connectivity index is 1.48. The van der Waals surface area contributed by atoms with E-state index in [1.165, 1.54) is 24.9 Å². The summed E-state index contributed by atoms with van der Waals surface area (Å²) < 4.78 is 0. The van der Waals surface area contributed by atoms with Crippen molar-refractivity contribution in [3.05, 3.63) is 29.8 Å². The van der Waals surface area contributed by atoms with Crippen LogP contribution in [0.4, 0.5) is 5.69 Å². The zero-order valence-electron chi connectivity index (χ0n) is 15.8. The topological polar surface area (TPSA) is 35.6 Å². The van der Waals surface area contributed by atoms with E-state index in [9.17, 15) is 4.79 Å². The molecule has 2 aliphatic heterocycles. The first-order chi connectivity index (χ1) is 12.2. The van der Waals surface area contributed by atoms with Crippen LogP contribution < -0.4 is 10.2 Å². The van der Waals surface area contributed by atoms with Gasteiger partial charge in [-0.25, -0.2) is 0 Å². The molecule has 3 rings (SSSR count). The molecule has 0 aliphatic carbocycles. The van der Waals surface area contributed by atoms with Gasteiger partial charge in [0.05, 0.1) is 6.42 Å². The number of hydrogen-bond donors (Lipinski definition) is 1. The van der Waals surface area contributed by atoms with E-state index in [-0.39, 0.29) is 5.91 Å². The Morgan fingerprint density at radius 3 is 2.36 bits per heavy atom. The maximum Gasteiger partial charge on any atom is 0.226 e. The number of nitrogens with one attached hydrogen (secondary N) is 1. The zero-order valence-corrected chi connectivity index (χ0v) is 15.8. The molecule has 1 aromatic carbocycles. The van der Waals surface area contributed by atoms with Gasteiger partial charge in [0.15, 0.2) is 0 Å². The quantitative estimate of drug-likeness (QED) is 0.861. The molecule has 1 N–H and O–H groups in total. The van der Waals surface area contributed by atoms with E-state index in [0.29, 0.717) is 18.5 Å². The predicted molar refractivity (Wildman–Crippen MR) is 104 cm³/mol. The van der Waals surface area contributed by atoms with Crippen LogP contribution in [0.3, 0.4) is 0 Å². The number of likely N-dealkylation sites (tertiary alicyclic amines) is 1. The van der Waals surface area contributed by atoms with Crippen molar-refractivity contribution < 1.29 is 4.79 Å². The molecule has 2 aliphatic rings. The van der Waals surface area contributed by atoms with Crippen LogP contribution in [0, 0.1) is 0 Å².